The van der Waals surface area contributed by atoms with E-state index in [1.807, 2.05) is 33.8 Å². The number of pyridine rings is 1. The zero-order valence-electron chi connectivity index (χ0n) is 12.2. The molecule has 1 aliphatic heterocycles. The summed E-state index contributed by atoms with van der Waals surface area (Å²) in [4.78, 5) is 4.11. The third-order valence-corrected chi connectivity index (χ3v) is 3.93. The minimum absolute atomic E-state index is 0.157. The molecule has 106 valence electrons. The van der Waals surface area contributed by atoms with Crippen molar-refractivity contribution in [1.29, 1.82) is 5.26 Å². The summed E-state index contributed by atoms with van der Waals surface area (Å²) in [5.41, 5.74) is -0.190. The van der Waals surface area contributed by atoms with Crippen LogP contribution in [0.1, 0.15) is 39.7 Å². The summed E-state index contributed by atoms with van der Waals surface area (Å²) in [7, 11) is -0.801. The minimum Gasteiger partial charge on any atom is -0.398 e. The Morgan fingerprint density at radius 3 is 2.40 bits per heavy atom. The number of rotatable bonds is 3. The number of aryl methyl sites for hydroxylation is 1. The number of hydrogen-bond acceptors (Lipinski definition) is 4. The summed E-state index contributed by atoms with van der Waals surface area (Å²) in [5, 5.41) is 8.54. The van der Waals surface area contributed by atoms with E-state index in [-0.39, 0.29) is 5.59 Å². The normalized spacial score (nSPS) is 19.9. The van der Waals surface area contributed by atoms with Gasteiger partial charge in [-0.3, -0.25) is 4.98 Å². The summed E-state index contributed by atoms with van der Waals surface area (Å²) in [6.07, 6.45) is 2.40. The molecule has 1 fully saturated rings. The number of aromatic nitrogens is 1. The molecule has 0 aromatic carbocycles. The van der Waals surface area contributed by atoms with Gasteiger partial charge in [-0.2, -0.15) is 5.26 Å². The molecule has 0 N–H and O–H groups in total. The molecule has 0 unspecified atom stereocenters. The minimum atomic E-state index is -0.801. The lowest BCUT2D eigenvalue weighted by Gasteiger charge is -2.32. The van der Waals surface area contributed by atoms with Crippen molar-refractivity contribution in [3.8, 4) is 6.07 Å². The van der Waals surface area contributed by atoms with Crippen molar-refractivity contribution >= 4 is 12.7 Å². The van der Waals surface area contributed by atoms with Gasteiger partial charge < -0.3 is 9.31 Å². The zero-order chi connectivity index (χ0) is 15.0. The van der Waals surface area contributed by atoms with E-state index in [1.165, 1.54) is 6.07 Å². The van der Waals surface area contributed by atoms with Crippen molar-refractivity contribution in [2.45, 2.75) is 51.7 Å². The quantitative estimate of drug-likeness (QED) is 0.792. The molecule has 1 aromatic rings. The van der Waals surface area contributed by atoms with Crippen LogP contribution in [0.5, 0.6) is 0 Å². The summed E-state index contributed by atoms with van der Waals surface area (Å²) in [5.74, 6) is -0.459. The Hall–Kier alpha value is -1.45. The van der Waals surface area contributed by atoms with E-state index in [0.717, 1.165) is 0 Å². The van der Waals surface area contributed by atoms with Gasteiger partial charge >= 0.3 is 7.12 Å². The van der Waals surface area contributed by atoms with Crippen LogP contribution in [0, 0.1) is 17.1 Å². The van der Waals surface area contributed by atoms with Gasteiger partial charge in [0.05, 0.1) is 17.3 Å². The number of hydrogen-bond donors (Lipinski definition) is 0. The Morgan fingerprint density at radius 1 is 1.30 bits per heavy atom. The maximum absolute atomic E-state index is 14.1. The van der Waals surface area contributed by atoms with E-state index in [1.54, 1.807) is 6.20 Å². The van der Waals surface area contributed by atoms with Crippen molar-refractivity contribution in [2.75, 3.05) is 0 Å². The lowest BCUT2D eigenvalue weighted by molar-refractivity contribution is 0.00578. The summed E-state index contributed by atoms with van der Waals surface area (Å²) in [6, 6.07) is 3.42. The van der Waals surface area contributed by atoms with Crippen LogP contribution in [0.25, 0.3) is 0 Å². The summed E-state index contributed by atoms with van der Waals surface area (Å²) < 4.78 is 25.7. The van der Waals surface area contributed by atoms with Gasteiger partial charge in [0.15, 0.2) is 0 Å². The molecule has 0 aliphatic carbocycles. The van der Waals surface area contributed by atoms with Crippen molar-refractivity contribution in [1.82, 2.24) is 4.98 Å². The molecule has 0 atom stereocenters. The molecule has 1 aliphatic rings. The van der Waals surface area contributed by atoms with E-state index in [0.29, 0.717) is 18.4 Å². The molecule has 2 heterocycles. The summed E-state index contributed by atoms with van der Waals surface area (Å²) in [6.45, 7) is 7.64. The van der Waals surface area contributed by atoms with Crippen LogP contribution < -0.4 is 5.59 Å². The monoisotopic (exact) mass is 276 g/mol. The van der Waals surface area contributed by atoms with Crippen LogP contribution in [0.15, 0.2) is 12.3 Å². The van der Waals surface area contributed by atoms with Crippen molar-refractivity contribution in [2.24, 2.45) is 0 Å². The van der Waals surface area contributed by atoms with Crippen LogP contribution in [-0.4, -0.2) is 23.3 Å². The highest BCUT2D eigenvalue weighted by atomic mass is 19.1. The van der Waals surface area contributed by atoms with Crippen molar-refractivity contribution in [3.63, 3.8) is 0 Å². The first-order valence-electron chi connectivity index (χ1n) is 6.64. The van der Waals surface area contributed by atoms with Crippen LogP contribution in [0.2, 0.25) is 0 Å². The Kier molecular flexibility index (Phi) is 3.85. The number of nitrogens with zero attached hydrogens (tertiary/aromatic N) is 2. The average molecular weight is 276 g/mol. The fourth-order valence-electron chi connectivity index (χ4n) is 1.95. The molecule has 0 spiro atoms. The highest BCUT2D eigenvalue weighted by Gasteiger charge is 2.53. The molecule has 0 bridgehead atoms. The molecule has 0 saturated carbocycles. The zero-order valence-corrected chi connectivity index (χ0v) is 12.2. The first-order chi connectivity index (χ1) is 9.27. The molecular formula is C14H18BFN2O2. The standard InChI is InChI=1S/C14H18BFN2O2/c1-13(2)14(3,4)20-15(19-13)12-11(16)8-10(9-18-12)6-5-7-17/h8-9H,5-6H2,1-4H3. The number of nitriles is 1. The Labute approximate surface area is 119 Å². The molecule has 4 nitrogen and oxygen atoms in total. The average Bonchev–Trinajstić information content (AvgIpc) is 2.55. The second-order valence-corrected chi connectivity index (χ2v) is 5.96. The van der Waals surface area contributed by atoms with Gasteiger partial charge in [0.1, 0.15) is 11.4 Å². The molecule has 6 heteroatoms. The molecule has 20 heavy (non-hydrogen) atoms. The lowest BCUT2D eigenvalue weighted by atomic mass is 9.83. The fourth-order valence-corrected chi connectivity index (χ4v) is 1.95. The lowest BCUT2D eigenvalue weighted by Crippen LogP contribution is -2.41. The SMILES string of the molecule is CC1(C)OB(c2ncc(CCC#N)cc2F)OC1(C)C. The van der Waals surface area contributed by atoms with Gasteiger partial charge in [-0.15, -0.1) is 0 Å². The van der Waals surface area contributed by atoms with Crippen LogP contribution >= 0.6 is 0 Å². The van der Waals surface area contributed by atoms with E-state index < -0.39 is 24.1 Å². The predicted molar refractivity (Wildman–Crippen MR) is 73.8 cm³/mol. The third kappa shape index (κ3) is 2.69. The topological polar surface area (TPSA) is 55.1 Å². The third-order valence-electron chi connectivity index (χ3n) is 3.93. The molecule has 1 aromatic heterocycles. The van der Waals surface area contributed by atoms with Gasteiger partial charge in [0.25, 0.3) is 0 Å². The maximum Gasteiger partial charge on any atom is 0.517 e. The first-order valence-corrected chi connectivity index (χ1v) is 6.64. The Balaban J connectivity index is 2.21. The van der Waals surface area contributed by atoms with Crippen LogP contribution in [-0.2, 0) is 15.7 Å². The van der Waals surface area contributed by atoms with Gasteiger partial charge in [0, 0.05) is 12.6 Å². The summed E-state index contributed by atoms with van der Waals surface area (Å²) >= 11 is 0. The Morgan fingerprint density at radius 2 is 1.90 bits per heavy atom. The second kappa shape index (κ2) is 5.15. The van der Waals surface area contributed by atoms with Gasteiger partial charge in [0.2, 0.25) is 0 Å². The highest BCUT2D eigenvalue weighted by Crippen LogP contribution is 2.36. The largest absolute Gasteiger partial charge is 0.517 e. The van der Waals surface area contributed by atoms with E-state index >= 15 is 0 Å². The number of halogens is 1. The highest BCUT2D eigenvalue weighted by molar-refractivity contribution is 6.61. The molecule has 2 rings (SSSR count). The van der Waals surface area contributed by atoms with Crippen LogP contribution in [0.3, 0.4) is 0 Å². The first kappa shape index (κ1) is 15.0. The molecule has 0 radical (unpaired) electrons. The van der Waals surface area contributed by atoms with Gasteiger partial charge in [-0.05, 0) is 45.7 Å². The van der Waals surface area contributed by atoms with Crippen LogP contribution in [0.4, 0.5) is 4.39 Å². The Bertz CT molecular complexity index is 539. The fraction of sp³-hybridized carbons (Fsp3) is 0.571. The molecule has 0 amide bonds. The van der Waals surface area contributed by atoms with E-state index in [4.69, 9.17) is 14.6 Å². The maximum atomic E-state index is 14.1. The molecule has 1 saturated heterocycles. The van der Waals surface area contributed by atoms with Crippen molar-refractivity contribution < 1.29 is 13.7 Å². The van der Waals surface area contributed by atoms with E-state index in [9.17, 15) is 4.39 Å². The van der Waals surface area contributed by atoms with Gasteiger partial charge in [-0.25, -0.2) is 4.39 Å². The second-order valence-electron chi connectivity index (χ2n) is 5.96. The predicted octanol–water partition coefficient (Wildman–Crippen LogP) is 1.98. The van der Waals surface area contributed by atoms with Crippen molar-refractivity contribution in [3.05, 3.63) is 23.6 Å². The molecular weight excluding hydrogens is 258 g/mol. The van der Waals surface area contributed by atoms with E-state index in [2.05, 4.69) is 4.98 Å². The smallest absolute Gasteiger partial charge is 0.398 e. The van der Waals surface area contributed by atoms with Gasteiger partial charge in [-0.1, -0.05) is 0 Å².